The predicted octanol–water partition coefficient (Wildman–Crippen LogP) is 4.31. The molecule has 2 fully saturated rings. The number of likely N-dealkylation sites (N-methyl/N-ethyl adjacent to an activating group) is 1. The van der Waals surface area contributed by atoms with Crippen molar-refractivity contribution in [3.63, 3.8) is 0 Å². The van der Waals surface area contributed by atoms with E-state index in [-0.39, 0.29) is 11.9 Å². The van der Waals surface area contributed by atoms with Crippen LogP contribution in [0.5, 0.6) is 11.5 Å². The van der Waals surface area contributed by atoms with E-state index < -0.39 is 0 Å². The zero-order chi connectivity index (χ0) is 28.2. The first kappa shape index (κ1) is 26.9. The van der Waals surface area contributed by atoms with Crippen molar-refractivity contribution < 1.29 is 14.3 Å². The minimum Gasteiger partial charge on any atom is -0.457 e. The van der Waals surface area contributed by atoms with Gasteiger partial charge >= 0.3 is 0 Å². The number of carbonyl (C=O) groups is 1. The second kappa shape index (κ2) is 12.1. The van der Waals surface area contributed by atoms with Crippen LogP contribution in [0.4, 0.5) is 5.82 Å². The van der Waals surface area contributed by atoms with Crippen molar-refractivity contribution in [3.05, 3.63) is 73.1 Å². The molecule has 2 aromatic heterocycles. The molecule has 10 heteroatoms. The summed E-state index contributed by atoms with van der Waals surface area (Å²) in [6.07, 6.45) is 7.92. The van der Waals surface area contributed by atoms with Crippen LogP contribution in [0.25, 0.3) is 22.3 Å². The van der Waals surface area contributed by atoms with E-state index in [0.29, 0.717) is 35.1 Å². The average molecular weight is 554 g/mol. The molecule has 6 rings (SSSR count). The summed E-state index contributed by atoms with van der Waals surface area (Å²) in [5.41, 5.74) is 8.63. The van der Waals surface area contributed by atoms with Crippen LogP contribution in [0.15, 0.2) is 73.1 Å². The molecule has 2 aliphatic rings. The number of amides is 1. The number of likely N-dealkylation sites (tertiary alicyclic amines) is 1. The topological polar surface area (TPSA) is 112 Å². The van der Waals surface area contributed by atoms with Crippen LogP contribution < -0.4 is 10.5 Å². The Hall–Kier alpha value is -4.28. The SMILES string of the molecule is CN(CC=CC(=O)N1CCC[C@@H](n2nc(-c3ccc(Oc4ccccc4)cc3)c3c(N)ncnc32)C1)[C@@H]1CCOC1. The van der Waals surface area contributed by atoms with Crippen LogP contribution in [0.1, 0.15) is 25.3 Å². The van der Waals surface area contributed by atoms with Crippen LogP contribution in [0.3, 0.4) is 0 Å². The van der Waals surface area contributed by atoms with Gasteiger partial charge in [0.15, 0.2) is 5.65 Å². The smallest absolute Gasteiger partial charge is 0.246 e. The van der Waals surface area contributed by atoms with Gasteiger partial charge in [-0.3, -0.25) is 9.69 Å². The maximum atomic E-state index is 13.1. The van der Waals surface area contributed by atoms with Crippen LogP contribution in [0.2, 0.25) is 0 Å². The number of anilines is 1. The Morgan fingerprint density at radius 1 is 1.12 bits per heavy atom. The van der Waals surface area contributed by atoms with E-state index in [1.54, 1.807) is 6.08 Å². The Balaban J connectivity index is 1.20. The number of nitrogens with zero attached hydrogens (tertiary/aromatic N) is 6. The highest BCUT2D eigenvalue weighted by Gasteiger charge is 2.28. The van der Waals surface area contributed by atoms with Crippen LogP contribution >= 0.6 is 0 Å². The van der Waals surface area contributed by atoms with Crippen molar-refractivity contribution >= 4 is 22.8 Å². The van der Waals surface area contributed by atoms with Gasteiger partial charge in [0.1, 0.15) is 29.3 Å². The van der Waals surface area contributed by atoms with Gasteiger partial charge in [-0.05, 0) is 62.7 Å². The number of piperidine rings is 1. The second-order valence-electron chi connectivity index (χ2n) is 10.6. The minimum atomic E-state index is -0.0225. The van der Waals surface area contributed by atoms with Gasteiger partial charge in [0.25, 0.3) is 0 Å². The fraction of sp³-hybridized carbons (Fsp3) is 0.355. The number of nitrogens with two attached hydrogens (primary N) is 1. The van der Waals surface area contributed by atoms with Crippen molar-refractivity contribution in [3.8, 4) is 22.8 Å². The lowest BCUT2D eigenvalue weighted by Crippen LogP contribution is -2.40. The minimum absolute atomic E-state index is 0.0191. The first-order chi connectivity index (χ1) is 20.1. The largest absolute Gasteiger partial charge is 0.457 e. The summed E-state index contributed by atoms with van der Waals surface area (Å²) in [6, 6.07) is 17.8. The van der Waals surface area contributed by atoms with Crippen molar-refractivity contribution in [1.82, 2.24) is 29.5 Å². The quantitative estimate of drug-likeness (QED) is 0.322. The van der Waals surface area contributed by atoms with Crippen molar-refractivity contribution in [1.29, 1.82) is 0 Å². The average Bonchev–Trinajstić information content (AvgIpc) is 3.68. The van der Waals surface area contributed by atoms with Crippen LogP contribution in [-0.2, 0) is 9.53 Å². The summed E-state index contributed by atoms with van der Waals surface area (Å²) in [4.78, 5) is 26.0. The lowest BCUT2D eigenvalue weighted by atomic mass is 10.1. The summed E-state index contributed by atoms with van der Waals surface area (Å²) in [5, 5.41) is 5.71. The van der Waals surface area contributed by atoms with E-state index in [9.17, 15) is 4.79 Å². The van der Waals surface area contributed by atoms with E-state index in [1.165, 1.54) is 6.33 Å². The monoisotopic (exact) mass is 553 g/mol. The van der Waals surface area contributed by atoms with Gasteiger partial charge in [0.2, 0.25) is 5.91 Å². The highest BCUT2D eigenvalue weighted by Crippen LogP contribution is 2.35. The van der Waals surface area contributed by atoms with Crippen molar-refractivity contribution in [2.75, 3.05) is 45.6 Å². The zero-order valence-corrected chi connectivity index (χ0v) is 23.2. The van der Waals surface area contributed by atoms with Crippen molar-refractivity contribution in [2.45, 2.75) is 31.3 Å². The third-order valence-corrected chi connectivity index (χ3v) is 7.86. The Labute approximate surface area is 239 Å². The molecule has 0 saturated carbocycles. The number of nitrogen functional groups attached to an aromatic ring is 1. The lowest BCUT2D eigenvalue weighted by Gasteiger charge is -2.32. The number of rotatable bonds is 8. The number of aromatic nitrogens is 4. The number of ether oxygens (including phenoxy) is 2. The van der Waals surface area contributed by atoms with E-state index in [1.807, 2.05) is 70.3 Å². The van der Waals surface area contributed by atoms with Crippen LogP contribution in [-0.4, -0.2) is 81.4 Å². The summed E-state index contributed by atoms with van der Waals surface area (Å²) in [7, 11) is 2.07. The van der Waals surface area contributed by atoms with Crippen molar-refractivity contribution in [2.24, 2.45) is 0 Å². The molecule has 41 heavy (non-hydrogen) atoms. The molecule has 0 spiro atoms. The van der Waals surface area contributed by atoms with Crippen LogP contribution in [0, 0.1) is 0 Å². The predicted molar refractivity (Wildman–Crippen MR) is 158 cm³/mol. The van der Waals surface area contributed by atoms with E-state index in [4.69, 9.17) is 20.3 Å². The summed E-state index contributed by atoms with van der Waals surface area (Å²) >= 11 is 0. The maximum absolute atomic E-state index is 13.1. The summed E-state index contributed by atoms with van der Waals surface area (Å²) < 4.78 is 13.4. The number of benzene rings is 2. The molecule has 0 unspecified atom stereocenters. The highest BCUT2D eigenvalue weighted by molar-refractivity contribution is 5.98. The van der Waals surface area contributed by atoms with Gasteiger partial charge < -0.3 is 20.1 Å². The molecule has 2 atom stereocenters. The molecule has 4 aromatic rings. The Morgan fingerprint density at radius 2 is 1.93 bits per heavy atom. The molecule has 0 aliphatic carbocycles. The molecule has 1 amide bonds. The summed E-state index contributed by atoms with van der Waals surface area (Å²) in [5.74, 6) is 1.90. The van der Waals surface area contributed by atoms with Gasteiger partial charge in [-0.25, -0.2) is 14.6 Å². The van der Waals surface area contributed by atoms with Gasteiger partial charge in [0.05, 0.1) is 18.0 Å². The third-order valence-electron chi connectivity index (χ3n) is 7.86. The number of hydrogen-bond donors (Lipinski definition) is 1. The standard InChI is InChI=1S/C31H35N7O3/c1-36(24-15-18-40-20-24)16-6-10-27(39)37-17-5-7-23(19-37)38-31-28(30(32)33-21-34-31)29(35-38)22-11-13-26(14-12-22)41-25-8-3-2-4-9-25/h2-4,6,8-14,21,23-24H,5,7,15-20H2,1H3,(H2,32,33,34)/t23-,24-/m1/s1. The molecule has 2 aromatic carbocycles. The van der Waals surface area contributed by atoms with E-state index in [0.717, 1.165) is 62.6 Å². The third kappa shape index (κ3) is 5.94. The van der Waals surface area contributed by atoms with Gasteiger partial charge in [-0.15, -0.1) is 0 Å². The molecular weight excluding hydrogens is 518 g/mol. The number of carbonyl (C=O) groups excluding carboxylic acids is 1. The fourth-order valence-electron chi connectivity index (χ4n) is 5.56. The van der Waals surface area contributed by atoms with Gasteiger partial charge in [0, 0.05) is 43.9 Å². The molecule has 0 radical (unpaired) electrons. The number of fused-ring (bicyclic) bond motifs is 1. The first-order valence-electron chi connectivity index (χ1n) is 14.1. The lowest BCUT2D eigenvalue weighted by molar-refractivity contribution is -0.127. The molecule has 0 bridgehead atoms. The molecular formula is C31H35N7O3. The summed E-state index contributed by atoms with van der Waals surface area (Å²) in [6.45, 7) is 3.56. The molecule has 10 nitrogen and oxygen atoms in total. The maximum Gasteiger partial charge on any atom is 0.246 e. The number of hydrogen-bond acceptors (Lipinski definition) is 8. The normalized spacial score (nSPS) is 19.4. The fourth-order valence-corrected chi connectivity index (χ4v) is 5.56. The van der Waals surface area contributed by atoms with Gasteiger partial charge in [-0.1, -0.05) is 24.3 Å². The van der Waals surface area contributed by atoms with E-state index in [2.05, 4.69) is 21.9 Å². The molecule has 2 N–H and O–H groups in total. The molecule has 4 heterocycles. The van der Waals surface area contributed by atoms with Gasteiger partial charge in [-0.2, -0.15) is 5.10 Å². The Bertz CT molecular complexity index is 1510. The Morgan fingerprint density at radius 3 is 2.71 bits per heavy atom. The number of para-hydroxylation sites is 1. The zero-order valence-electron chi connectivity index (χ0n) is 23.2. The highest BCUT2D eigenvalue weighted by atomic mass is 16.5. The molecule has 2 saturated heterocycles. The first-order valence-corrected chi connectivity index (χ1v) is 14.1. The second-order valence-corrected chi connectivity index (χ2v) is 10.6. The Kier molecular flexibility index (Phi) is 7.93. The molecule has 2 aliphatic heterocycles. The molecule has 212 valence electrons. The van der Waals surface area contributed by atoms with E-state index >= 15 is 0 Å².